The van der Waals surface area contributed by atoms with Crippen LogP contribution in [0.15, 0.2) is 36.7 Å². The minimum Gasteiger partial charge on any atom is -0.465 e. The van der Waals surface area contributed by atoms with Gasteiger partial charge in [-0.15, -0.1) is 0 Å². The predicted octanol–water partition coefficient (Wildman–Crippen LogP) is 3.84. The van der Waals surface area contributed by atoms with Crippen molar-refractivity contribution in [2.24, 2.45) is 5.92 Å². The van der Waals surface area contributed by atoms with E-state index >= 15 is 0 Å². The number of aromatic nitrogens is 3. The van der Waals surface area contributed by atoms with Gasteiger partial charge in [-0.05, 0) is 56.9 Å². The van der Waals surface area contributed by atoms with Gasteiger partial charge in [-0.3, -0.25) is 14.7 Å². The van der Waals surface area contributed by atoms with Crippen molar-refractivity contribution in [3.8, 4) is 17.5 Å². The fraction of sp³-hybridized carbons (Fsp3) is 0.444. The van der Waals surface area contributed by atoms with E-state index in [1.165, 1.54) is 26.2 Å². The molecule has 2 amide bonds. The number of anilines is 1. The maximum atomic E-state index is 14.3. The molecule has 1 fully saturated rings. The Balaban J connectivity index is 1.55. The van der Waals surface area contributed by atoms with Crippen LogP contribution in [-0.2, 0) is 0 Å². The summed E-state index contributed by atoms with van der Waals surface area (Å²) in [5.41, 5.74) is 0.648. The molecule has 0 saturated heterocycles. The van der Waals surface area contributed by atoms with E-state index in [1.54, 1.807) is 28.8 Å². The van der Waals surface area contributed by atoms with Gasteiger partial charge in [-0.2, -0.15) is 23.5 Å². The van der Waals surface area contributed by atoms with Crippen LogP contribution in [0, 0.1) is 17.2 Å². The Hall–Kier alpha value is -4.45. The van der Waals surface area contributed by atoms with Crippen LogP contribution in [0.2, 0.25) is 0 Å². The molecule has 0 aromatic carbocycles. The first kappa shape index (κ1) is 30.5. The maximum Gasteiger partial charge on any atom is 0.407 e. The molecular weight excluding hydrogens is 562 g/mol. The number of carbonyl (C=O) groups excluding carboxylic acids is 1. The van der Waals surface area contributed by atoms with Crippen LogP contribution in [0.3, 0.4) is 0 Å². The topological polar surface area (TPSA) is 156 Å². The number of carbonyl (C=O) groups is 2. The third kappa shape index (κ3) is 7.24. The number of nitrogens with zero attached hydrogens (tertiary/aromatic N) is 5. The van der Waals surface area contributed by atoms with E-state index in [1.807, 2.05) is 6.07 Å². The number of hydrogen-bond donors (Lipinski definition) is 4. The van der Waals surface area contributed by atoms with Crippen LogP contribution >= 0.6 is 0 Å². The van der Waals surface area contributed by atoms with Gasteiger partial charge in [-0.25, -0.2) is 13.7 Å². The van der Waals surface area contributed by atoms with Crippen molar-refractivity contribution in [3.05, 3.63) is 47.8 Å². The minimum atomic E-state index is -4.66. The third-order valence-electron chi connectivity index (χ3n) is 6.96. The second-order valence-electron chi connectivity index (χ2n) is 10.8. The second kappa shape index (κ2) is 11.8. The number of aliphatic hydroxyl groups is 1. The monoisotopic (exact) mass is 591 g/mol. The molecule has 3 aromatic heterocycles. The van der Waals surface area contributed by atoms with E-state index < -0.39 is 43.0 Å². The van der Waals surface area contributed by atoms with Crippen LogP contribution in [0.25, 0.3) is 16.9 Å². The predicted molar refractivity (Wildman–Crippen MR) is 142 cm³/mol. The van der Waals surface area contributed by atoms with E-state index in [9.17, 15) is 32.3 Å². The Kier molecular flexibility index (Phi) is 8.58. The van der Waals surface area contributed by atoms with Gasteiger partial charge in [0.15, 0.2) is 0 Å². The molecule has 1 aliphatic rings. The largest absolute Gasteiger partial charge is 0.465 e. The van der Waals surface area contributed by atoms with Crippen molar-refractivity contribution >= 4 is 23.2 Å². The van der Waals surface area contributed by atoms with Gasteiger partial charge in [0.1, 0.15) is 18.8 Å². The number of carboxylic acid groups (broad SMARTS) is 1. The van der Waals surface area contributed by atoms with Gasteiger partial charge in [0.2, 0.25) is 0 Å². The molecule has 3 heterocycles. The highest BCUT2D eigenvalue weighted by Crippen LogP contribution is 2.34. The molecule has 15 heteroatoms. The Bertz CT molecular complexity index is 1510. The first-order chi connectivity index (χ1) is 19.6. The normalized spacial score (nSPS) is 17.7. The summed E-state index contributed by atoms with van der Waals surface area (Å²) >= 11 is 0. The summed E-state index contributed by atoms with van der Waals surface area (Å²) in [6.45, 7) is 0.229. The van der Waals surface area contributed by atoms with Crippen molar-refractivity contribution in [2.75, 3.05) is 25.0 Å². The van der Waals surface area contributed by atoms with Gasteiger partial charge in [0, 0.05) is 18.8 Å². The summed E-state index contributed by atoms with van der Waals surface area (Å²) in [7, 11) is 0. The molecule has 42 heavy (non-hydrogen) atoms. The minimum absolute atomic E-state index is 0.0648. The van der Waals surface area contributed by atoms with E-state index in [4.69, 9.17) is 10.4 Å². The van der Waals surface area contributed by atoms with Gasteiger partial charge in [0.05, 0.1) is 52.1 Å². The lowest BCUT2D eigenvalue weighted by Gasteiger charge is -2.39. The van der Waals surface area contributed by atoms with Crippen LogP contribution in [0.4, 0.5) is 28.0 Å². The summed E-state index contributed by atoms with van der Waals surface area (Å²) in [4.78, 5) is 29.0. The molecule has 224 valence electrons. The van der Waals surface area contributed by atoms with Gasteiger partial charge in [-0.1, -0.05) is 0 Å². The number of rotatable bonds is 10. The summed E-state index contributed by atoms with van der Waals surface area (Å²) in [6, 6.07) is 8.42. The van der Waals surface area contributed by atoms with E-state index in [2.05, 4.69) is 20.7 Å². The quantitative estimate of drug-likeness (QED) is 0.259. The third-order valence-corrected chi connectivity index (χ3v) is 6.96. The number of amides is 2. The Morgan fingerprint density at radius 3 is 2.57 bits per heavy atom. The van der Waals surface area contributed by atoms with E-state index in [0.717, 1.165) is 0 Å². The summed E-state index contributed by atoms with van der Waals surface area (Å²) in [5.74, 6) is -0.995. The van der Waals surface area contributed by atoms with Crippen molar-refractivity contribution in [2.45, 2.75) is 50.7 Å². The average molecular weight is 592 g/mol. The Morgan fingerprint density at radius 1 is 1.24 bits per heavy atom. The van der Waals surface area contributed by atoms with Crippen molar-refractivity contribution in [3.63, 3.8) is 0 Å². The standard InChI is InChI=1S/C27H29F4N7O4/c1-26(2,42)23(28)12-34-24(39)19-11-33-21(22-4-3-18-7-16(9-32)10-35-38(18)22)8-20(19)36-17-5-15(6-17)13-37(25(40)41)14-27(29,30)31/h3-4,7-8,10-11,15,17,23,42H,5-6,12-14H2,1-2H3,(H,33,36)(H,34,39)(H,40,41)/t15-,17-,23-/m1/s1. The lowest BCUT2D eigenvalue weighted by molar-refractivity contribution is -0.143. The second-order valence-corrected chi connectivity index (χ2v) is 10.8. The molecule has 0 unspecified atom stereocenters. The first-order valence-corrected chi connectivity index (χ1v) is 13.0. The molecule has 0 bridgehead atoms. The Labute approximate surface area is 237 Å². The van der Waals surface area contributed by atoms with Crippen LogP contribution in [0.1, 0.15) is 42.6 Å². The molecule has 4 N–H and O–H groups in total. The summed E-state index contributed by atoms with van der Waals surface area (Å²) in [5, 5.41) is 38.1. The fourth-order valence-corrected chi connectivity index (χ4v) is 4.64. The highest BCUT2D eigenvalue weighted by molar-refractivity contribution is 6.00. The maximum absolute atomic E-state index is 14.3. The van der Waals surface area contributed by atoms with Gasteiger partial charge < -0.3 is 20.8 Å². The molecule has 1 saturated carbocycles. The molecule has 0 aliphatic heterocycles. The van der Waals surface area contributed by atoms with Crippen molar-refractivity contribution < 1.29 is 37.4 Å². The van der Waals surface area contributed by atoms with Crippen LogP contribution in [0.5, 0.6) is 0 Å². The number of halogens is 4. The molecule has 1 aliphatic carbocycles. The molecule has 11 nitrogen and oxygen atoms in total. The van der Waals surface area contributed by atoms with E-state index in [-0.39, 0.29) is 24.1 Å². The Morgan fingerprint density at radius 2 is 1.95 bits per heavy atom. The number of nitrogens with one attached hydrogen (secondary N) is 2. The fourth-order valence-electron chi connectivity index (χ4n) is 4.64. The highest BCUT2D eigenvalue weighted by Gasteiger charge is 2.37. The smallest absolute Gasteiger partial charge is 0.407 e. The number of hydrogen-bond acceptors (Lipinski definition) is 7. The molecule has 0 radical (unpaired) electrons. The van der Waals surface area contributed by atoms with Gasteiger partial charge in [0.25, 0.3) is 5.91 Å². The zero-order valence-electron chi connectivity index (χ0n) is 22.7. The zero-order valence-corrected chi connectivity index (χ0v) is 22.7. The van der Waals surface area contributed by atoms with Crippen LogP contribution < -0.4 is 10.6 Å². The lowest BCUT2D eigenvalue weighted by Crippen LogP contribution is -2.46. The van der Waals surface area contributed by atoms with Gasteiger partial charge >= 0.3 is 12.3 Å². The van der Waals surface area contributed by atoms with Crippen molar-refractivity contribution in [1.29, 1.82) is 5.26 Å². The lowest BCUT2D eigenvalue weighted by atomic mass is 9.79. The molecule has 0 spiro atoms. The molecule has 3 aromatic rings. The highest BCUT2D eigenvalue weighted by atomic mass is 19.4. The molecule has 4 rings (SSSR count). The van der Waals surface area contributed by atoms with Crippen molar-refractivity contribution in [1.82, 2.24) is 24.8 Å². The summed E-state index contributed by atoms with van der Waals surface area (Å²) in [6.07, 6.45) is -4.69. The SMILES string of the molecule is CC(C)(O)[C@H](F)CNC(=O)c1cnc(-c2ccc3cc(C#N)cnn23)cc1N[C@H]1C[C@H](CN(CC(F)(F)F)C(=O)O)C1. The molecular formula is C27H29F4N7O4. The van der Waals surface area contributed by atoms with E-state index in [0.29, 0.717) is 45.9 Å². The number of nitriles is 1. The zero-order chi connectivity index (χ0) is 30.8. The van der Waals surface area contributed by atoms with Crippen LogP contribution in [-0.4, -0.2) is 85.3 Å². The first-order valence-electron chi connectivity index (χ1n) is 13.0. The average Bonchev–Trinajstić information content (AvgIpc) is 3.31. The molecule has 1 atom stereocenters. The summed E-state index contributed by atoms with van der Waals surface area (Å²) < 4.78 is 54.2. The number of alkyl halides is 4. The number of pyridine rings is 1. The number of fused-ring (bicyclic) bond motifs is 1.